The number of aromatic hydroxyl groups is 1. The summed E-state index contributed by atoms with van der Waals surface area (Å²) in [5.41, 5.74) is 6.62. The molecule has 0 unspecified atom stereocenters. The molecule has 4 nitrogen and oxygen atoms in total. The lowest BCUT2D eigenvalue weighted by Crippen LogP contribution is -2.43. The molecule has 0 spiro atoms. The lowest BCUT2D eigenvalue weighted by molar-refractivity contribution is 0.289. The number of phenols is 1. The molecule has 1 saturated heterocycles. The SMILES string of the molecule is C=CC(=C\C=C/C)/C(CCCO)=C(/c1ccc(O)cc1)c1ccc(N2CCNCC2)cc1. The smallest absolute Gasteiger partial charge is 0.115 e. The van der Waals surface area contributed by atoms with E-state index in [1.165, 1.54) is 5.69 Å². The first-order valence-electron chi connectivity index (χ1n) is 11.3. The molecule has 0 bridgehead atoms. The molecule has 0 amide bonds. The summed E-state index contributed by atoms with van der Waals surface area (Å²) in [6.45, 7) is 10.2. The van der Waals surface area contributed by atoms with Crippen LogP contribution in [0, 0.1) is 0 Å². The molecule has 2 aromatic rings. The fraction of sp³-hybridized carbons (Fsp3) is 0.286. The number of aliphatic hydroxyl groups is 1. The topological polar surface area (TPSA) is 55.7 Å². The van der Waals surface area contributed by atoms with Gasteiger partial charge in [-0.25, -0.2) is 0 Å². The van der Waals surface area contributed by atoms with Crippen LogP contribution >= 0.6 is 0 Å². The number of aliphatic hydroxyl groups excluding tert-OH is 1. The number of hydrogen-bond donors (Lipinski definition) is 3. The van der Waals surface area contributed by atoms with Gasteiger partial charge in [0.15, 0.2) is 0 Å². The summed E-state index contributed by atoms with van der Waals surface area (Å²) < 4.78 is 0. The minimum Gasteiger partial charge on any atom is -0.508 e. The number of piperazine rings is 1. The number of rotatable bonds is 9. The summed E-state index contributed by atoms with van der Waals surface area (Å²) >= 11 is 0. The Kier molecular flexibility index (Phi) is 8.90. The monoisotopic (exact) mass is 430 g/mol. The Hall–Kier alpha value is -3.08. The summed E-state index contributed by atoms with van der Waals surface area (Å²) in [4.78, 5) is 2.40. The van der Waals surface area contributed by atoms with Crippen molar-refractivity contribution < 1.29 is 10.2 Å². The zero-order valence-electron chi connectivity index (χ0n) is 18.9. The Bertz CT molecular complexity index is 963. The van der Waals surface area contributed by atoms with Crippen LogP contribution < -0.4 is 10.2 Å². The number of benzene rings is 2. The van der Waals surface area contributed by atoms with E-state index in [1.54, 1.807) is 12.1 Å². The normalized spacial score (nSPS) is 15.7. The van der Waals surface area contributed by atoms with Gasteiger partial charge in [-0.15, -0.1) is 0 Å². The molecule has 0 aliphatic carbocycles. The number of phenolic OH excluding ortho intramolecular Hbond substituents is 1. The molecule has 4 heteroatoms. The molecule has 1 aliphatic heterocycles. The van der Waals surface area contributed by atoms with Gasteiger partial charge in [-0.2, -0.15) is 0 Å². The molecule has 3 rings (SSSR count). The molecule has 0 saturated carbocycles. The lowest BCUT2D eigenvalue weighted by atomic mass is 9.86. The van der Waals surface area contributed by atoms with Crippen LogP contribution in [0.2, 0.25) is 0 Å². The van der Waals surface area contributed by atoms with E-state index in [-0.39, 0.29) is 12.4 Å². The fourth-order valence-corrected chi connectivity index (χ4v) is 4.07. The largest absolute Gasteiger partial charge is 0.508 e. The summed E-state index contributed by atoms with van der Waals surface area (Å²) in [7, 11) is 0. The van der Waals surface area contributed by atoms with Gasteiger partial charge in [-0.05, 0) is 71.9 Å². The van der Waals surface area contributed by atoms with E-state index in [1.807, 2.05) is 37.3 Å². The quantitative estimate of drug-likeness (QED) is 0.487. The van der Waals surface area contributed by atoms with Gasteiger partial charge in [0.05, 0.1) is 0 Å². The molecule has 2 aromatic carbocycles. The van der Waals surface area contributed by atoms with Crippen molar-refractivity contribution in [3.63, 3.8) is 0 Å². The third kappa shape index (κ3) is 6.00. The van der Waals surface area contributed by atoms with Crippen LogP contribution in [0.15, 0.2) is 90.6 Å². The summed E-state index contributed by atoms with van der Waals surface area (Å²) in [6.07, 6.45) is 9.34. The van der Waals surface area contributed by atoms with Crippen molar-refractivity contribution in [2.45, 2.75) is 19.8 Å². The summed E-state index contributed by atoms with van der Waals surface area (Å²) in [6, 6.07) is 16.1. The highest BCUT2D eigenvalue weighted by Gasteiger charge is 2.16. The van der Waals surface area contributed by atoms with Crippen molar-refractivity contribution in [1.82, 2.24) is 5.32 Å². The molecule has 32 heavy (non-hydrogen) atoms. The maximum Gasteiger partial charge on any atom is 0.115 e. The number of nitrogens with zero attached hydrogens (tertiary/aromatic N) is 1. The molecular formula is C28H34N2O2. The van der Waals surface area contributed by atoms with Gasteiger partial charge >= 0.3 is 0 Å². The van der Waals surface area contributed by atoms with Gasteiger partial charge < -0.3 is 20.4 Å². The highest BCUT2D eigenvalue weighted by atomic mass is 16.3. The van der Waals surface area contributed by atoms with Crippen molar-refractivity contribution >= 4 is 11.3 Å². The second-order valence-electron chi connectivity index (χ2n) is 7.86. The van der Waals surface area contributed by atoms with Crippen molar-refractivity contribution in [3.05, 3.63) is 102 Å². The minimum absolute atomic E-state index is 0.127. The van der Waals surface area contributed by atoms with Crippen LogP contribution in [-0.4, -0.2) is 43.0 Å². The number of nitrogens with one attached hydrogen (secondary N) is 1. The first kappa shape index (κ1) is 23.6. The lowest BCUT2D eigenvalue weighted by Gasteiger charge is -2.29. The van der Waals surface area contributed by atoms with Crippen LogP contribution in [0.4, 0.5) is 5.69 Å². The van der Waals surface area contributed by atoms with Crippen LogP contribution in [0.25, 0.3) is 5.57 Å². The van der Waals surface area contributed by atoms with E-state index in [2.05, 4.69) is 47.1 Å². The summed E-state index contributed by atoms with van der Waals surface area (Å²) in [5.74, 6) is 0.243. The Morgan fingerprint density at radius 2 is 1.66 bits per heavy atom. The van der Waals surface area contributed by atoms with E-state index in [4.69, 9.17) is 0 Å². The Morgan fingerprint density at radius 1 is 1.03 bits per heavy atom. The first-order valence-corrected chi connectivity index (χ1v) is 11.3. The van der Waals surface area contributed by atoms with E-state index < -0.39 is 0 Å². The molecule has 0 atom stereocenters. The van der Waals surface area contributed by atoms with Crippen molar-refractivity contribution in [1.29, 1.82) is 0 Å². The Balaban J connectivity index is 2.14. The molecular weight excluding hydrogens is 396 g/mol. The molecule has 3 N–H and O–H groups in total. The second kappa shape index (κ2) is 12.1. The summed E-state index contributed by atoms with van der Waals surface area (Å²) in [5, 5.41) is 22.8. The Labute approximate surface area is 191 Å². The number of hydrogen-bond acceptors (Lipinski definition) is 4. The number of anilines is 1. The third-order valence-electron chi connectivity index (χ3n) is 5.72. The van der Waals surface area contributed by atoms with E-state index in [0.29, 0.717) is 6.42 Å². The zero-order valence-corrected chi connectivity index (χ0v) is 18.9. The Morgan fingerprint density at radius 3 is 2.22 bits per heavy atom. The van der Waals surface area contributed by atoms with Gasteiger partial charge in [-0.3, -0.25) is 0 Å². The highest BCUT2D eigenvalue weighted by Crippen LogP contribution is 2.35. The first-order chi connectivity index (χ1) is 15.7. The van der Waals surface area contributed by atoms with Crippen LogP contribution in [0.1, 0.15) is 30.9 Å². The predicted molar refractivity (Wildman–Crippen MR) is 135 cm³/mol. The molecule has 1 heterocycles. The van der Waals surface area contributed by atoms with Crippen molar-refractivity contribution in [2.75, 3.05) is 37.7 Å². The van der Waals surface area contributed by atoms with Crippen LogP contribution in [0.3, 0.4) is 0 Å². The third-order valence-corrected chi connectivity index (χ3v) is 5.72. The van der Waals surface area contributed by atoms with Gasteiger partial charge in [0, 0.05) is 38.5 Å². The fourth-order valence-electron chi connectivity index (χ4n) is 4.07. The maximum atomic E-state index is 9.84. The number of allylic oxidation sites excluding steroid dienone is 6. The van der Waals surface area contributed by atoms with Gasteiger partial charge in [0.2, 0.25) is 0 Å². The van der Waals surface area contributed by atoms with Crippen LogP contribution in [0.5, 0.6) is 5.75 Å². The van der Waals surface area contributed by atoms with Gasteiger partial charge in [0.1, 0.15) is 5.75 Å². The van der Waals surface area contributed by atoms with E-state index >= 15 is 0 Å². The van der Waals surface area contributed by atoms with Crippen LogP contribution in [-0.2, 0) is 0 Å². The average molecular weight is 431 g/mol. The van der Waals surface area contributed by atoms with E-state index in [9.17, 15) is 10.2 Å². The molecule has 168 valence electrons. The molecule has 1 aliphatic rings. The van der Waals surface area contributed by atoms with Gasteiger partial charge in [-0.1, -0.05) is 55.1 Å². The van der Waals surface area contributed by atoms with E-state index in [0.717, 1.165) is 60.4 Å². The predicted octanol–water partition coefficient (Wildman–Crippen LogP) is 5.06. The molecule has 0 aromatic heterocycles. The molecule has 0 radical (unpaired) electrons. The standard InChI is InChI=1S/C28H34N2O2/c1-3-5-7-22(4-2)27(8-6-21-31)28(24-11-15-26(32)16-12-24)23-9-13-25(14-10-23)30-19-17-29-18-20-30/h3-5,7,9-16,29,31-32H,2,6,8,17-21H2,1H3/b5-3-,22-7+,28-27+. The maximum absolute atomic E-state index is 9.84. The minimum atomic E-state index is 0.127. The zero-order chi connectivity index (χ0) is 22.8. The van der Waals surface area contributed by atoms with Gasteiger partial charge in [0.25, 0.3) is 0 Å². The average Bonchev–Trinajstić information content (AvgIpc) is 2.84. The highest BCUT2D eigenvalue weighted by molar-refractivity contribution is 5.86. The van der Waals surface area contributed by atoms with Crippen molar-refractivity contribution in [2.24, 2.45) is 0 Å². The second-order valence-corrected chi connectivity index (χ2v) is 7.86. The van der Waals surface area contributed by atoms with Crippen molar-refractivity contribution in [3.8, 4) is 5.75 Å². The molecule has 1 fully saturated rings.